The third-order valence-electron chi connectivity index (χ3n) is 3.19. The second-order valence-corrected chi connectivity index (χ2v) is 4.70. The second-order valence-electron chi connectivity index (χ2n) is 4.70. The smallest absolute Gasteiger partial charge is 0.240 e. The van der Waals surface area contributed by atoms with Gasteiger partial charge in [-0.1, -0.05) is 0 Å². The monoisotopic (exact) mass is 244 g/mol. The number of amides is 1. The average molecular weight is 244 g/mol. The molecule has 0 spiro atoms. The van der Waals surface area contributed by atoms with E-state index in [-0.39, 0.29) is 5.91 Å². The Bertz CT molecular complexity index is 586. The molecule has 1 amide bonds. The maximum absolute atomic E-state index is 11.8. The Morgan fingerprint density at radius 3 is 3.11 bits per heavy atom. The molecule has 5 heteroatoms. The first-order valence-corrected chi connectivity index (χ1v) is 6.20. The summed E-state index contributed by atoms with van der Waals surface area (Å²) in [4.78, 5) is 16.1. The van der Waals surface area contributed by atoms with Crippen LogP contribution in [0.1, 0.15) is 18.4 Å². The molecule has 0 unspecified atom stereocenters. The molecule has 0 aromatic carbocycles. The van der Waals surface area contributed by atoms with Crippen LogP contribution in [0.3, 0.4) is 0 Å². The summed E-state index contributed by atoms with van der Waals surface area (Å²) in [5.74, 6) is 0.0450. The summed E-state index contributed by atoms with van der Waals surface area (Å²) in [5, 5.41) is 4.00. The highest BCUT2D eigenvalue weighted by Gasteiger charge is 2.23. The van der Waals surface area contributed by atoms with Crippen LogP contribution in [0.25, 0.3) is 11.0 Å². The van der Waals surface area contributed by atoms with Crippen LogP contribution < -0.4 is 11.1 Å². The van der Waals surface area contributed by atoms with Gasteiger partial charge in [-0.25, -0.2) is 4.98 Å². The molecular formula is C13H16N4O. The molecule has 0 bridgehead atoms. The fourth-order valence-corrected chi connectivity index (χ4v) is 2.13. The molecule has 3 N–H and O–H groups in total. The van der Waals surface area contributed by atoms with E-state index in [0.717, 1.165) is 29.4 Å². The lowest BCUT2D eigenvalue weighted by Gasteiger charge is -2.05. The number of nitrogens with one attached hydrogen (secondary N) is 1. The number of aromatic nitrogens is 2. The first-order valence-electron chi connectivity index (χ1n) is 6.20. The molecule has 2 heterocycles. The molecule has 0 saturated heterocycles. The molecule has 1 fully saturated rings. The number of nitrogens with two attached hydrogens (primary N) is 1. The van der Waals surface area contributed by atoms with Gasteiger partial charge in [0.1, 0.15) is 12.2 Å². The number of rotatable bonds is 4. The molecule has 1 aliphatic rings. The van der Waals surface area contributed by atoms with Crippen molar-refractivity contribution >= 4 is 16.9 Å². The maximum atomic E-state index is 11.8. The van der Waals surface area contributed by atoms with Crippen molar-refractivity contribution in [3.8, 4) is 0 Å². The fourth-order valence-electron chi connectivity index (χ4n) is 2.13. The Morgan fingerprint density at radius 1 is 1.56 bits per heavy atom. The van der Waals surface area contributed by atoms with Crippen molar-refractivity contribution in [2.75, 3.05) is 0 Å². The Kier molecular flexibility index (Phi) is 2.76. The molecule has 0 radical (unpaired) electrons. The minimum absolute atomic E-state index is 0.0450. The highest BCUT2D eigenvalue weighted by atomic mass is 16.2. The van der Waals surface area contributed by atoms with Gasteiger partial charge in [-0.3, -0.25) is 4.79 Å². The minimum atomic E-state index is 0.0450. The molecule has 2 aromatic rings. The first kappa shape index (κ1) is 11.2. The zero-order valence-corrected chi connectivity index (χ0v) is 10.1. The van der Waals surface area contributed by atoms with Crippen molar-refractivity contribution in [2.45, 2.75) is 32.0 Å². The molecule has 1 aliphatic carbocycles. The maximum Gasteiger partial charge on any atom is 0.240 e. The van der Waals surface area contributed by atoms with Crippen molar-refractivity contribution < 1.29 is 4.79 Å². The summed E-state index contributed by atoms with van der Waals surface area (Å²) in [5.41, 5.74) is 7.56. The number of hydrogen-bond acceptors (Lipinski definition) is 3. The number of pyridine rings is 1. The zero-order valence-electron chi connectivity index (χ0n) is 10.1. The minimum Gasteiger partial charge on any atom is -0.352 e. The summed E-state index contributed by atoms with van der Waals surface area (Å²) in [6.07, 6.45) is 5.86. The van der Waals surface area contributed by atoms with Crippen LogP contribution in [0, 0.1) is 0 Å². The van der Waals surface area contributed by atoms with Crippen LogP contribution in [0.4, 0.5) is 0 Å². The average Bonchev–Trinajstić information content (AvgIpc) is 3.11. The number of carbonyl (C=O) groups excluding carboxylic acids is 1. The largest absolute Gasteiger partial charge is 0.352 e. The van der Waals surface area contributed by atoms with Crippen LogP contribution in [0.5, 0.6) is 0 Å². The van der Waals surface area contributed by atoms with Crippen LogP contribution in [0.2, 0.25) is 0 Å². The standard InChI is InChI=1S/C13H16N4O/c14-6-9-7-17(8-12(18)16-10-3-4-10)13-11(9)2-1-5-15-13/h1-2,5,7,10H,3-4,6,8,14H2,(H,16,18). The van der Waals surface area contributed by atoms with E-state index in [1.54, 1.807) is 6.20 Å². The van der Waals surface area contributed by atoms with E-state index >= 15 is 0 Å². The molecule has 94 valence electrons. The van der Waals surface area contributed by atoms with Gasteiger partial charge in [-0.05, 0) is 30.5 Å². The lowest BCUT2D eigenvalue weighted by molar-refractivity contribution is -0.121. The van der Waals surface area contributed by atoms with Gasteiger partial charge in [0.2, 0.25) is 5.91 Å². The Morgan fingerprint density at radius 2 is 2.39 bits per heavy atom. The molecule has 0 aliphatic heterocycles. The van der Waals surface area contributed by atoms with Gasteiger partial charge in [0.15, 0.2) is 0 Å². The fraction of sp³-hybridized carbons (Fsp3) is 0.385. The quantitative estimate of drug-likeness (QED) is 0.834. The summed E-state index contributed by atoms with van der Waals surface area (Å²) < 4.78 is 1.87. The lowest BCUT2D eigenvalue weighted by Crippen LogP contribution is -2.29. The van der Waals surface area contributed by atoms with Crippen LogP contribution in [-0.2, 0) is 17.9 Å². The van der Waals surface area contributed by atoms with Gasteiger partial charge in [0, 0.05) is 30.4 Å². The van der Waals surface area contributed by atoms with E-state index in [0.29, 0.717) is 19.1 Å². The number of fused-ring (bicyclic) bond motifs is 1. The van der Waals surface area contributed by atoms with Gasteiger partial charge < -0.3 is 15.6 Å². The summed E-state index contributed by atoms with van der Waals surface area (Å²) in [6.45, 7) is 0.767. The van der Waals surface area contributed by atoms with E-state index < -0.39 is 0 Å². The molecule has 2 aromatic heterocycles. The molecule has 0 atom stereocenters. The third-order valence-corrected chi connectivity index (χ3v) is 3.19. The normalized spacial score (nSPS) is 14.9. The molecule has 3 rings (SSSR count). The topological polar surface area (TPSA) is 72.9 Å². The van der Waals surface area contributed by atoms with Crippen molar-refractivity contribution in [3.05, 3.63) is 30.1 Å². The molecule has 18 heavy (non-hydrogen) atoms. The van der Waals surface area contributed by atoms with Crippen LogP contribution in [-0.4, -0.2) is 21.5 Å². The second kappa shape index (κ2) is 4.42. The lowest BCUT2D eigenvalue weighted by atomic mass is 10.2. The van der Waals surface area contributed by atoms with E-state index in [1.165, 1.54) is 0 Å². The third kappa shape index (κ3) is 2.09. The highest BCUT2D eigenvalue weighted by Crippen LogP contribution is 2.20. The van der Waals surface area contributed by atoms with Gasteiger partial charge in [-0.2, -0.15) is 0 Å². The summed E-state index contributed by atoms with van der Waals surface area (Å²) in [6, 6.07) is 4.26. The van der Waals surface area contributed by atoms with Gasteiger partial charge in [-0.15, -0.1) is 0 Å². The Labute approximate surface area is 105 Å². The van der Waals surface area contributed by atoms with E-state index in [4.69, 9.17) is 5.73 Å². The number of hydrogen-bond donors (Lipinski definition) is 2. The van der Waals surface area contributed by atoms with Gasteiger partial charge in [0.05, 0.1) is 0 Å². The van der Waals surface area contributed by atoms with Crippen molar-refractivity contribution in [3.63, 3.8) is 0 Å². The van der Waals surface area contributed by atoms with Crippen molar-refractivity contribution in [2.24, 2.45) is 5.73 Å². The molecule has 5 nitrogen and oxygen atoms in total. The van der Waals surface area contributed by atoms with E-state index in [1.807, 2.05) is 22.9 Å². The number of nitrogens with zero attached hydrogens (tertiary/aromatic N) is 2. The summed E-state index contributed by atoms with van der Waals surface area (Å²) in [7, 11) is 0. The van der Waals surface area contributed by atoms with E-state index in [2.05, 4.69) is 10.3 Å². The van der Waals surface area contributed by atoms with Gasteiger partial charge >= 0.3 is 0 Å². The Hall–Kier alpha value is -1.88. The molecular weight excluding hydrogens is 228 g/mol. The zero-order chi connectivity index (χ0) is 12.5. The summed E-state index contributed by atoms with van der Waals surface area (Å²) >= 11 is 0. The van der Waals surface area contributed by atoms with E-state index in [9.17, 15) is 4.79 Å². The highest BCUT2D eigenvalue weighted by molar-refractivity contribution is 5.83. The van der Waals surface area contributed by atoms with Crippen LogP contribution in [0.15, 0.2) is 24.5 Å². The molecule has 1 saturated carbocycles. The number of carbonyl (C=O) groups is 1. The van der Waals surface area contributed by atoms with Crippen molar-refractivity contribution in [1.29, 1.82) is 0 Å². The van der Waals surface area contributed by atoms with Gasteiger partial charge in [0.25, 0.3) is 0 Å². The van der Waals surface area contributed by atoms with Crippen LogP contribution >= 0.6 is 0 Å². The predicted molar refractivity (Wildman–Crippen MR) is 68.8 cm³/mol. The Balaban J connectivity index is 1.88. The first-order chi connectivity index (χ1) is 8.78. The predicted octanol–water partition coefficient (Wildman–Crippen LogP) is 0.774. The SMILES string of the molecule is NCc1cn(CC(=O)NC2CC2)c2ncccc12. The van der Waals surface area contributed by atoms with Crippen molar-refractivity contribution in [1.82, 2.24) is 14.9 Å².